The monoisotopic (exact) mass is 356 g/mol. The van der Waals surface area contributed by atoms with Crippen molar-refractivity contribution in [1.82, 2.24) is 10.2 Å². The van der Waals surface area contributed by atoms with E-state index >= 15 is 0 Å². The van der Waals surface area contributed by atoms with Crippen molar-refractivity contribution in [2.75, 3.05) is 20.2 Å². The van der Waals surface area contributed by atoms with Gasteiger partial charge in [0.1, 0.15) is 5.75 Å². The molecule has 1 N–H and O–H groups in total. The molecular formula is C21H25ClN2O. The van der Waals surface area contributed by atoms with E-state index in [-0.39, 0.29) is 0 Å². The number of halogens is 1. The molecule has 2 aromatic carbocycles. The predicted molar refractivity (Wildman–Crippen MR) is 102 cm³/mol. The highest BCUT2D eigenvalue weighted by molar-refractivity contribution is 6.31. The summed E-state index contributed by atoms with van der Waals surface area (Å²) in [5.74, 6) is 1.66. The maximum absolute atomic E-state index is 6.55. The third-order valence-corrected chi connectivity index (χ3v) is 6.10. The van der Waals surface area contributed by atoms with Crippen molar-refractivity contribution in [3.05, 3.63) is 64.7 Å². The van der Waals surface area contributed by atoms with Crippen LogP contribution in [0.5, 0.6) is 5.75 Å². The highest BCUT2D eigenvalue weighted by atomic mass is 35.5. The summed E-state index contributed by atoms with van der Waals surface area (Å²) in [6, 6.07) is 17.3. The number of nitrogens with one attached hydrogen (secondary N) is 1. The van der Waals surface area contributed by atoms with E-state index in [1.54, 1.807) is 7.11 Å². The van der Waals surface area contributed by atoms with Crippen molar-refractivity contribution in [3.8, 4) is 5.75 Å². The van der Waals surface area contributed by atoms with Gasteiger partial charge in [0.05, 0.1) is 13.2 Å². The first-order valence-corrected chi connectivity index (χ1v) is 9.49. The molecule has 0 radical (unpaired) electrons. The summed E-state index contributed by atoms with van der Waals surface area (Å²) in [5.41, 5.74) is 2.46. The number of benzene rings is 2. The van der Waals surface area contributed by atoms with Crippen LogP contribution in [-0.2, 0) is 6.54 Å². The van der Waals surface area contributed by atoms with Gasteiger partial charge in [0.2, 0.25) is 0 Å². The van der Waals surface area contributed by atoms with Gasteiger partial charge in [0.15, 0.2) is 0 Å². The molecule has 0 aromatic heterocycles. The van der Waals surface area contributed by atoms with Gasteiger partial charge in [-0.1, -0.05) is 48.0 Å². The van der Waals surface area contributed by atoms with E-state index in [0.29, 0.717) is 18.0 Å². The second-order valence-corrected chi connectivity index (χ2v) is 7.47. The fourth-order valence-electron chi connectivity index (χ4n) is 4.50. The maximum Gasteiger partial charge on any atom is 0.123 e. The number of methoxy groups -OCH3 is 1. The Hall–Kier alpha value is -1.55. The van der Waals surface area contributed by atoms with Gasteiger partial charge >= 0.3 is 0 Å². The summed E-state index contributed by atoms with van der Waals surface area (Å²) in [4.78, 5) is 2.60. The fraction of sp³-hybridized carbons (Fsp3) is 0.429. The molecule has 3 aliphatic rings. The Morgan fingerprint density at radius 3 is 2.56 bits per heavy atom. The number of piperidine rings is 3. The van der Waals surface area contributed by atoms with E-state index in [1.165, 1.54) is 37.1 Å². The lowest BCUT2D eigenvalue weighted by Crippen LogP contribution is -2.57. The lowest BCUT2D eigenvalue weighted by molar-refractivity contribution is 0.0112. The summed E-state index contributed by atoms with van der Waals surface area (Å²) in [6.45, 7) is 3.17. The predicted octanol–water partition coefficient (Wildman–Crippen LogP) is 4.27. The molecule has 0 spiro atoms. The molecule has 2 atom stereocenters. The van der Waals surface area contributed by atoms with Crippen molar-refractivity contribution in [2.24, 2.45) is 5.92 Å². The van der Waals surface area contributed by atoms with Crippen molar-refractivity contribution >= 4 is 11.6 Å². The van der Waals surface area contributed by atoms with Crippen molar-refractivity contribution in [2.45, 2.75) is 31.5 Å². The Balaban J connectivity index is 1.59. The summed E-state index contributed by atoms with van der Waals surface area (Å²) in [5, 5.41) is 4.72. The molecule has 0 saturated carbocycles. The van der Waals surface area contributed by atoms with Crippen LogP contribution >= 0.6 is 11.6 Å². The van der Waals surface area contributed by atoms with Gasteiger partial charge in [0, 0.05) is 23.2 Å². The summed E-state index contributed by atoms with van der Waals surface area (Å²) in [7, 11) is 1.74. The lowest BCUT2D eigenvalue weighted by Gasteiger charge is -2.51. The first-order valence-electron chi connectivity index (χ1n) is 9.11. The van der Waals surface area contributed by atoms with E-state index in [9.17, 15) is 0 Å². The lowest BCUT2D eigenvalue weighted by atomic mass is 9.76. The highest BCUT2D eigenvalue weighted by Crippen LogP contribution is 2.43. The average molecular weight is 357 g/mol. The van der Waals surface area contributed by atoms with Crippen LogP contribution in [0.1, 0.15) is 30.0 Å². The summed E-state index contributed by atoms with van der Waals surface area (Å²) >= 11 is 6.55. The third kappa shape index (κ3) is 3.29. The van der Waals surface area contributed by atoms with Crippen LogP contribution in [0, 0.1) is 5.92 Å². The van der Waals surface area contributed by atoms with Crippen molar-refractivity contribution < 1.29 is 4.74 Å². The quantitative estimate of drug-likeness (QED) is 0.865. The molecule has 2 bridgehead atoms. The number of ether oxygens (including phenoxy) is 1. The Kier molecular flexibility index (Phi) is 4.98. The second kappa shape index (κ2) is 7.36. The number of hydrogen-bond acceptors (Lipinski definition) is 3. The van der Waals surface area contributed by atoms with Gasteiger partial charge in [-0.15, -0.1) is 0 Å². The highest BCUT2D eigenvalue weighted by Gasteiger charge is 2.43. The standard InChI is InChI=1S/C21H25ClN2O/c1-25-19-9-5-2-6-16(19)14-23-20-15-10-12-24(13-11-15)21(20)17-7-3-4-8-18(17)22/h2-9,15,20-21,23H,10-14H2,1H3. The largest absolute Gasteiger partial charge is 0.496 e. The third-order valence-electron chi connectivity index (χ3n) is 5.76. The van der Waals surface area contributed by atoms with Gasteiger partial charge in [-0.2, -0.15) is 0 Å². The first kappa shape index (κ1) is 16.9. The molecule has 25 heavy (non-hydrogen) atoms. The molecule has 3 aliphatic heterocycles. The van der Waals surface area contributed by atoms with Crippen molar-refractivity contribution in [1.29, 1.82) is 0 Å². The minimum absolute atomic E-state index is 0.357. The molecule has 3 fully saturated rings. The zero-order valence-corrected chi connectivity index (χ0v) is 15.4. The number of hydrogen-bond donors (Lipinski definition) is 1. The van der Waals surface area contributed by atoms with E-state index in [0.717, 1.165) is 17.3 Å². The smallest absolute Gasteiger partial charge is 0.123 e. The number of fused-ring (bicyclic) bond motifs is 3. The van der Waals surface area contributed by atoms with Crippen LogP contribution < -0.4 is 10.1 Å². The molecule has 3 heterocycles. The number of rotatable bonds is 5. The molecule has 0 aliphatic carbocycles. The summed E-state index contributed by atoms with van der Waals surface area (Å²) in [6.07, 6.45) is 2.54. The minimum Gasteiger partial charge on any atom is -0.496 e. The van der Waals surface area contributed by atoms with Crippen LogP contribution in [0.2, 0.25) is 5.02 Å². The second-order valence-electron chi connectivity index (χ2n) is 7.06. The van der Waals surface area contributed by atoms with E-state index < -0.39 is 0 Å². The maximum atomic E-state index is 6.55. The van der Waals surface area contributed by atoms with Crippen molar-refractivity contribution in [3.63, 3.8) is 0 Å². The summed E-state index contributed by atoms with van der Waals surface area (Å²) < 4.78 is 5.51. The molecule has 3 nitrogen and oxygen atoms in total. The minimum atomic E-state index is 0.357. The number of para-hydroxylation sites is 1. The van der Waals surface area contributed by atoms with E-state index in [1.807, 2.05) is 24.3 Å². The molecule has 4 heteroatoms. The number of nitrogens with zero attached hydrogens (tertiary/aromatic N) is 1. The molecule has 3 saturated heterocycles. The molecule has 0 amide bonds. The zero-order chi connectivity index (χ0) is 17.2. The van der Waals surface area contributed by atoms with Crippen LogP contribution in [0.25, 0.3) is 0 Å². The fourth-order valence-corrected chi connectivity index (χ4v) is 4.75. The molecule has 5 rings (SSSR count). The van der Waals surface area contributed by atoms with Crippen LogP contribution in [0.4, 0.5) is 0 Å². The molecular weight excluding hydrogens is 332 g/mol. The van der Waals surface area contributed by atoms with Crippen LogP contribution in [0.3, 0.4) is 0 Å². The SMILES string of the molecule is COc1ccccc1CNC1C2CCN(CC2)C1c1ccccc1Cl. The Morgan fingerprint density at radius 2 is 1.80 bits per heavy atom. The van der Waals surface area contributed by atoms with Gasteiger partial charge in [-0.3, -0.25) is 4.90 Å². The normalized spacial score (nSPS) is 28.1. The van der Waals surface area contributed by atoms with Gasteiger partial charge in [-0.25, -0.2) is 0 Å². The molecule has 2 unspecified atom stereocenters. The van der Waals surface area contributed by atoms with Gasteiger partial charge in [0.25, 0.3) is 0 Å². The Bertz CT molecular complexity index is 727. The average Bonchev–Trinajstić information content (AvgIpc) is 2.67. The Labute approximate surface area is 154 Å². The van der Waals surface area contributed by atoms with E-state index in [2.05, 4.69) is 34.5 Å². The topological polar surface area (TPSA) is 24.5 Å². The molecule has 132 valence electrons. The first-order chi connectivity index (χ1) is 12.3. The van der Waals surface area contributed by atoms with Gasteiger partial charge < -0.3 is 10.1 Å². The van der Waals surface area contributed by atoms with Gasteiger partial charge in [-0.05, 0) is 49.5 Å². The van der Waals surface area contributed by atoms with Crippen LogP contribution in [0.15, 0.2) is 48.5 Å². The zero-order valence-electron chi connectivity index (χ0n) is 14.6. The Morgan fingerprint density at radius 1 is 1.08 bits per heavy atom. The van der Waals surface area contributed by atoms with Crippen LogP contribution in [-0.4, -0.2) is 31.1 Å². The molecule has 2 aromatic rings. The van der Waals surface area contributed by atoms with E-state index in [4.69, 9.17) is 16.3 Å².